The summed E-state index contributed by atoms with van der Waals surface area (Å²) < 4.78 is 8.20. The predicted octanol–water partition coefficient (Wildman–Crippen LogP) is 2.74. The zero-order valence-electron chi connectivity index (χ0n) is 10.9. The normalized spacial score (nSPS) is 12.9. The highest BCUT2D eigenvalue weighted by atomic mass is 79.9. The SMILES string of the molecule is CCCNC(CC)c1c(Br)cnn1CCOC. The molecule has 1 aromatic heterocycles. The molecule has 0 saturated heterocycles. The van der Waals surface area contributed by atoms with Crippen LogP contribution in [0.2, 0.25) is 0 Å². The Balaban J connectivity index is 2.80. The second-order valence-electron chi connectivity index (χ2n) is 4.01. The van der Waals surface area contributed by atoms with Crippen LogP contribution in [0.3, 0.4) is 0 Å². The Morgan fingerprint density at radius 3 is 2.88 bits per heavy atom. The molecular weight excluding hydrogens is 282 g/mol. The van der Waals surface area contributed by atoms with Crippen molar-refractivity contribution >= 4 is 15.9 Å². The molecule has 0 aliphatic rings. The van der Waals surface area contributed by atoms with Gasteiger partial charge in [0.1, 0.15) is 0 Å². The number of hydrogen-bond donors (Lipinski definition) is 1. The lowest BCUT2D eigenvalue weighted by atomic mass is 10.1. The number of nitrogens with zero attached hydrogens (tertiary/aromatic N) is 2. The summed E-state index contributed by atoms with van der Waals surface area (Å²) in [7, 11) is 1.71. The van der Waals surface area contributed by atoms with Crippen LogP contribution >= 0.6 is 15.9 Å². The second-order valence-corrected chi connectivity index (χ2v) is 4.86. The van der Waals surface area contributed by atoms with Gasteiger partial charge < -0.3 is 10.1 Å². The van der Waals surface area contributed by atoms with Gasteiger partial charge in [-0.15, -0.1) is 0 Å². The van der Waals surface area contributed by atoms with Crippen molar-refractivity contribution in [3.8, 4) is 0 Å². The molecule has 1 rings (SSSR count). The Kier molecular flexibility index (Phi) is 6.77. The fraction of sp³-hybridized carbons (Fsp3) is 0.750. The number of ether oxygens (including phenoxy) is 1. The van der Waals surface area contributed by atoms with Crippen LogP contribution in [0.5, 0.6) is 0 Å². The largest absolute Gasteiger partial charge is 0.383 e. The smallest absolute Gasteiger partial charge is 0.0696 e. The van der Waals surface area contributed by atoms with E-state index in [1.807, 2.05) is 10.9 Å². The number of rotatable bonds is 8. The van der Waals surface area contributed by atoms with Crippen molar-refractivity contribution in [1.82, 2.24) is 15.1 Å². The maximum atomic E-state index is 5.11. The third-order valence-electron chi connectivity index (χ3n) is 2.72. The topological polar surface area (TPSA) is 39.1 Å². The van der Waals surface area contributed by atoms with Crippen molar-refractivity contribution in [2.45, 2.75) is 39.3 Å². The molecule has 0 amide bonds. The lowest BCUT2D eigenvalue weighted by Gasteiger charge is -2.19. The van der Waals surface area contributed by atoms with Gasteiger partial charge in [-0.25, -0.2) is 0 Å². The molecule has 1 aromatic rings. The van der Waals surface area contributed by atoms with Gasteiger partial charge in [0, 0.05) is 7.11 Å². The quantitative estimate of drug-likeness (QED) is 0.802. The van der Waals surface area contributed by atoms with Crippen LogP contribution < -0.4 is 5.32 Å². The van der Waals surface area contributed by atoms with E-state index < -0.39 is 0 Å². The average Bonchev–Trinajstić information content (AvgIpc) is 2.70. The van der Waals surface area contributed by atoms with Gasteiger partial charge in [0.15, 0.2) is 0 Å². The van der Waals surface area contributed by atoms with Crippen LogP contribution in [0.25, 0.3) is 0 Å². The van der Waals surface area contributed by atoms with Crippen molar-refractivity contribution in [1.29, 1.82) is 0 Å². The van der Waals surface area contributed by atoms with E-state index in [0.29, 0.717) is 12.6 Å². The van der Waals surface area contributed by atoms with Gasteiger partial charge in [-0.1, -0.05) is 13.8 Å². The molecule has 0 bridgehead atoms. The van der Waals surface area contributed by atoms with Crippen LogP contribution in [-0.4, -0.2) is 30.0 Å². The first-order chi connectivity index (χ1) is 8.24. The summed E-state index contributed by atoms with van der Waals surface area (Å²) in [6.45, 7) is 6.87. The van der Waals surface area contributed by atoms with E-state index in [0.717, 1.165) is 30.4 Å². The highest BCUT2D eigenvalue weighted by molar-refractivity contribution is 9.10. The minimum Gasteiger partial charge on any atom is -0.383 e. The molecule has 1 heterocycles. The van der Waals surface area contributed by atoms with Crippen molar-refractivity contribution in [3.63, 3.8) is 0 Å². The van der Waals surface area contributed by atoms with E-state index in [2.05, 4.69) is 40.2 Å². The zero-order valence-corrected chi connectivity index (χ0v) is 12.5. The highest BCUT2D eigenvalue weighted by Crippen LogP contribution is 2.25. The molecule has 1 unspecified atom stereocenters. The maximum Gasteiger partial charge on any atom is 0.0696 e. The standard InChI is InChI=1S/C12H22BrN3O/c1-4-6-14-11(5-2)12-10(13)9-15-16(12)7-8-17-3/h9,11,14H,4-8H2,1-3H3. The Morgan fingerprint density at radius 2 is 2.29 bits per heavy atom. The van der Waals surface area contributed by atoms with Crippen molar-refractivity contribution in [3.05, 3.63) is 16.4 Å². The minimum atomic E-state index is 0.351. The van der Waals surface area contributed by atoms with Gasteiger partial charge in [-0.3, -0.25) is 4.68 Å². The number of halogens is 1. The molecular formula is C12H22BrN3O. The Labute approximate surface area is 112 Å². The Bertz CT molecular complexity index is 328. The Morgan fingerprint density at radius 1 is 1.53 bits per heavy atom. The molecule has 0 saturated carbocycles. The molecule has 17 heavy (non-hydrogen) atoms. The van der Waals surface area contributed by atoms with Gasteiger partial charge in [0.2, 0.25) is 0 Å². The first kappa shape index (κ1) is 14.7. The molecule has 0 aliphatic carbocycles. The van der Waals surface area contributed by atoms with Crippen LogP contribution in [0.1, 0.15) is 38.4 Å². The van der Waals surface area contributed by atoms with Crippen LogP contribution in [-0.2, 0) is 11.3 Å². The minimum absolute atomic E-state index is 0.351. The second kappa shape index (κ2) is 7.84. The first-order valence-electron chi connectivity index (χ1n) is 6.18. The van der Waals surface area contributed by atoms with Gasteiger partial charge in [0.05, 0.1) is 35.6 Å². The van der Waals surface area contributed by atoms with E-state index >= 15 is 0 Å². The third kappa shape index (κ3) is 4.08. The molecule has 0 aromatic carbocycles. The zero-order chi connectivity index (χ0) is 12.7. The van der Waals surface area contributed by atoms with E-state index in [1.54, 1.807) is 7.11 Å². The summed E-state index contributed by atoms with van der Waals surface area (Å²) in [4.78, 5) is 0. The monoisotopic (exact) mass is 303 g/mol. The highest BCUT2D eigenvalue weighted by Gasteiger charge is 2.17. The molecule has 98 valence electrons. The fourth-order valence-electron chi connectivity index (χ4n) is 1.83. The van der Waals surface area contributed by atoms with Crippen molar-refractivity contribution in [2.24, 2.45) is 0 Å². The summed E-state index contributed by atoms with van der Waals surface area (Å²) >= 11 is 3.58. The summed E-state index contributed by atoms with van der Waals surface area (Å²) in [6, 6.07) is 0.351. The number of nitrogens with one attached hydrogen (secondary N) is 1. The van der Waals surface area contributed by atoms with Gasteiger partial charge >= 0.3 is 0 Å². The predicted molar refractivity (Wildman–Crippen MR) is 73.1 cm³/mol. The van der Waals surface area contributed by atoms with Crippen LogP contribution in [0, 0.1) is 0 Å². The molecule has 4 nitrogen and oxygen atoms in total. The molecule has 1 N–H and O–H groups in total. The molecule has 0 fully saturated rings. The van der Waals surface area contributed by atoms with Crippen molar-refractivity contribution in [2.75, 3.05) is 20.3 Å². The summed E-state index contributed by atoms with van der Waals surface area (Å²) in [5.74, 6) is 0. The summed E-state index contributed by atoms with van der Waals surface area (Å²) in [6.07, 6.45) is 4.05. The fourth-order valence-corrected chi connectivity index (χ4v) is 2.40. The summed E-state index contributed by atoms with van der Waals surface area (Å²) in [5.41, 5.74) is 1.22. The molecule has 0 spiro atoms. The van der Waals surface area contributed by atoms with Crippen LogP contribution in [0.4, 0.5) is 0 Å². The lowest BCUT2D eigenvalue weighted by molar-refractivity contribution is 0.181. The maximum absolute atomic E-state index is 5.11. The number of methoxy groups -OCH3 is 1. The Hall–Kier alpha value is -0.390. The number of aromatic nitrogens is 2. The van der Waals surface area contributed by atoms with E-state index in [-0.39, 0.29) is 0 Å². The summed E-state index contributed by atoms with van der Waals surface area (Å²) in [5, 5.41) is 7.93. The first-order valence-corrected chi connectivity index (χ1v) is 6.97. The average molecular weight is 304 g/mol. The van der Waals surface area contributed by atoms with Gasteiger partial charge in [0.25, 0.3) is 0 Å². The molecule has 5 heteroatoms. The lowest BCUT2D eigenvalue weighted by Crippen LogP contribution is -2.25. The third-order valence-corrected chi connectivity index (χ3v) is 3.33. The molecule has 0 aliphatic heterocycles. The number of hydrogen-bond acceptors (Lipinski definition) is 3. The van der Waals surface area contributed by atoms with Gasteiger partial charge in [-0.05, 0) is 35.3 Å². The van der Waals surface area contributed by atoms with Crippen LogP contribution in [0.15, 0.2) is 10.7 Å². The van der Waals surface area contributed by atoms with E-state index in [4.69, 9.17) is 4.74 Å². The molecule has 0 radical (unpaired) electrons. The van der Waals surface area contributed by atoms with Crippen molar-refractivity contribution < 1.29 is 4.74 Å². The van der Waals surface area contributed by atoms with Gasteiger partial charge in [-0.2, -0.15) is 5.10 Å². The van der Waals surface area contributed by atoms with E-state index in [9.17, 15) is 0 Å². The van der Waals surface area contributed by atoms with E-state index in [1.165, 1.54) is 5.69 Å². The molecule has 1 atom stereocenters.